The standard InChI is InChI=1S/C12H13NO3S/c1-2-4-8-7-17-11(12(15)16)10(8)13-6-3-5-9(13)14/h2,4,7H,3,5-6H2,1H3,(H,15,16)/b4-2-. The second kappa shape index (κ2) is 4.71. The number of carboxylic acids is 1. The molecule has 0 saturated carbocycles. The molecule has 4 nitrogen and oxygen atoms in total. The summed E-state index contributed by atoms with van der Waals surface area (Å²) < 4.78 is 0. The summed E-state index contributed by atoms with van der Waals surface area (Å²) in [5.74, 6) is -0.961. The minimum Gasteiger partial charge on any atom is -0.477 e. The second-order valence-corrected chi connectivity index (χ2v) is 4.70. The molecule has 5 heteroatoms. The molecule has 1 aliphatic rings. The summed E-state index contributed by atoms with van der Waals surface area (Å²) in [5.41, 5.74) is 1.37. The van der Waals surface area contributed by atoms with Crippen LogP contribution in [-0.4, -0.2) is 23.5 Å². The molecule has 17 heavy (non-hydrogen) atoms. The van der Waals surface area contributed by atoms with Crippen molar-refractivity contribution in [2.24, 2.45) is 0 Å². The fourth-order valence-corrected chi connectivity index (χ4v) is 2.85. The van der Waals surface area contributed by atoms with Gasteiger partial charge in [0, 0.05) is 23.9 Å². The summed E-state index contributed by atoms with van der Waals surface area (Å²) in [7, 11) is 0. The predicted octanol–water partition coefficient (Wildman–Crippen LogP) is 2.61. The maximum Gasteiger partial charge on any atom is 0.348 e. The number of carboxylic acid groups (broad SMARTS) is 1. The van der Waals surface area contributed by atoms with Gasteiger partial charge in [0.2, 0.25) is 5.91 Å². The van der Waals surface area contributed by atoms with Crippen molar-refractivity contribution in [2.45, 2.75) is 19.8 Å². The number of aromatic carboxylic acids is 1. The summed E-state index contributed by atoms with van der Waals surface area (Å²) in [6.07, 6.45) is 4.98. The number of carbonyl (C=O) groups is 2. The van der Waals surface area contributed by atoms with Gasteiger partial charge in [-0.2, -0.15) is 0 Å². The number of hydrogen-bond acceptors (Lipinski definition) is 3. The molecule has 1 aliphatic heterocycles. The van der Waals surface area contributed by atoms with Crippen molar-refractivity contribution in [3.8, 4) is 0 Å². The molecular formula is C12H13NO3S. The molecule has 1 saturated heterocycles. The van der Waals surface area contributed by atoms with Gasteiger partial charge in [0.1, 0.15) is 4.88 Å². The number of rotatable bonds is 3. The van der Waals surface area contributed by atoms with E-state index in [-0.39, 0.29) is 10.8 Å². The van der Waals surface area contributed by atoms with Gasteiger partial charge in [-0.3, -0.25) is 4.79 Å². The molecule has 1 amide bonds. The molecular weight excluding hydrogens is 238 g/mol. The van der Waals surface area contributed by atoms with Crippen molar-refractivity contribution < 1.29 is 14.7 Å². The van der Waals surface area contributed by atoms with E-state index in [0.29, 0.717) is 18.7 Å². The lowest BCUT2D eigenvalue weighted by Gasteiger charge is -2.16. The van der Waals surface area contributed by atoms with Gasteiger partial charge >= 0.3 is 5.97 Å². The van der Waals surface area contributed by atoms with E-state index >= 15 is 0 Å². The van der Waals surface area contributed by atoms with Gasteiger partial charge in [-0.25, -0.2) is 4.79 Å². The summed E-state index contributed by atoms with van der Waals surface area (Å²) in [6, 6.07) is 0. The van der Waals surface area contributed by atoms with Gasteiger partial charge in [0.15, 0.2) is 0 Å². The first-order valence-corrected chi connectivity index (χ1v) is 6.31. The number of anilines is 1. The number of hydrogen-bond donors (Lipinski definition) is 1. The summed E-state index contributed by atoms with van der Waals surface area (Å²) in [5, 5.41) is 10.9. The highest BCUT2D eigenvalue weighted by Gasteiger charge is 2.28. The van der Waals surface area contributed by atoms with Crippen LogP contribution in [0.25, 0.3) is 6.08 Å². The molecule has 1 aromatic heterocycles. The van der Waals surface area contributed by atoms with Crippen LogP contribution in [0, 0.1) is 0 Å². The van der Waals surface area contributed by atoms with E-state index < -0.39 is 5.97 Å². The van der Waals surface area contributed by atoms with Gasteiger partial charge in [-0.05, 0) is 13.3 Å². The van der Waals surface area contributed by atoms with E-state index in [9.17, 15) is 9.59 Å². The highest BCUT2D eigenvalue weighted by molar-refractivity contribution is 7.13. The Morgan fingerprint density at radius 1 is 1.59 bits per heavy atom. The SMILES string of the molecule is C/C=C\c1csc(C(=O)O)c1N1CCCC1=O. The topological polar surface area (TPSA) is 57.6 Å². The molecule has 0 spiro atoms. The van der Waals surface area contributed by atoms with Crippen LogP contribution in [0.2, 0.25) is 0 Å². The Bertz CT molecular complexity index is 490. The normalized spacial score (nSPS) is 16.1. The molecule has 1 aromatic rings. The molecule has 1 N–H and O–H groups in total. The molecule has 0 radical (unpaired) electrons. The lowest BCUT2D eigenvalue weighted by molar-refractivity contribution is -0.117. The zero-order chi connectivity index (χ0) is 12.4. The van der Waals surface area contributed by atoms with Gasteiger partial charge in [-0.1, -0.05) is 12.2 Å². The molecule has 0 atom stereocenters. The Labute approximate surface area is 103 Å². The Morgan fingerprint density at radius 3 is 2.88 bits per heavy atom. The number of carbonyl (C=O) groups excluding carboxylic acids is 1. The zero-order valence-electron chi connectivity index (χ0n) is 9.47. The third-order valence-electron chi connectivity index (χ3n) is 2.68. The van der Waals surface area contributed by atoms with E-state index in [1.807, 2.05) is 19.1 Å². The lowest BCUT2D eigenvalue weighted by atomic mass is 10.2. The van der Waals surface area contributed by atoms with Crippen LogP contribution in [-0.2, 0) is 4.79 Å². The Hall–Kier alpha value is -1.62. The molecule has 0 unspecified atom stereocenters. The van der Waals surface area contributed by atoms with Crippen LogP contribution in [0.15, 0.2) is 11.5 Å². The number of amides is 1. The molecule has 2 rings (SSSR count). The van der Waals surface area contributed by atoms with Crippen LogP contribution in [0.5, 0.6) is 0 Å². The Balaban J connectivity index is 2.51. The molecule has 0 aromatic carbocycles. The maximum absolute atomic E-state index is 11.7. The van der Waals surface area contributed by atoms with Crippen molar-refractivity contribution >= 4 is 35.0 Å². The minimum atomic E-state index is -0.972. The maximum atomic E-state index is 11.7. The van der Waals surface area contributed by atoms with Crippen molar-refractivity contribution in [2.75, 3.05) is 11.4 Å². The summed E-state index contributed by atoms with van der Waals surface area (Å²) in [6.45, 7) is 2.48. The van der Waals surface area contributed by atoms with Crippen LogP contribution in [0.4, 0.5) is 5.69 Å². The molecule has 1 fully saturated rings. The first-order chi connectivity index (χ1) is 8.15. The molecule has 0 aliphatic carbocycles. The van der Waals surface area contributed by atoms with Gasteiger partial charge in [-0.15, -0.1) is 11.3 Å². The van der Waals surface area contributed by atoms with Crippen molar-refractivity contribution in [3.63, 3.8) is 0 Å². The van der Waals surface area contributed by atoms with E-state index in [2.05, 4.69) is 0 Å². The zero-order valence-corrected chi connectivity index (χ0v) is 10.3. The molecule has 2 heterocycles. The average Bonchev–Trinajstić information content (AvgIpc) is 2.84. The monoisotopic (exact) mass is 251 g/mol. The lowest BCUT2D eigenvalue weighted by Crippen LogP contribution is -2.25. The van der Waals surface area contributed by atoms with Crippen molar-refractivity contribution in [1.82, 2.24) is 0 Å². The predicted molar refractivity (Wildman–Crippen MR) is 67.6 cm³/mol. The van der Waals surface area contributed by atoms with E-state index in [4.69, 9.17) is 5.11 Å². The van der Waals surface area contributed by atoms with Gasteiger partial charge in [0.25, 0.3) is 0 Å². The average molecular weight is 251 g/mol. The first kappa shape index (κ1) is 11.9. The third kappa shape index (κ3) is 2.10. The number of allylic oxidation sites excluding steroid dienone is 1. The van der Waals surface area contributed by atoms with Crippen molar-refractivity contribution in [3.05, 3.63) is 21.9 Å². The first-order valence-electron chi connectivity index (χ1n) is 5.43. The Kier molecular flexibility index (Phi) is 3.28. The van der Waals surface area contributed by atoms with E-state index in [1.165, 1.54) is 11.3 Å². The quantitative estimate of drug-likeness (QED) is 0.898. The van der Waals surface area contributed by atoms with Gasteiger partial charge < -0.3 is 10.0 Å². The second-order valence-electron chi connectivity index (χ2n) is 3.82. The minimum absolute atomic E-state index is 0.0108. The largest absolute Gasteiger partial charge is 0.477 e. The summed E-state index contributed by atoms with van der Waals surface area (Å²) in [4.78, 5) is 24.7. The number of nitrogens with zero attached hydrogens (tertiary/aromatic N) is 1. The summed E-state index contributed by atoms with van der Waals surface area (Å²) >= 11 is 1.17. The van der Waals surface area contributed by atoms with Crippen LogP contribution < -0.4 is 4.90 Å². The van der Waals surface area contributed by atoms with E-state index in [0.717, 1.165) is 12.0 Å². The Morgan fingerprint density at radius 2 is 2.35 bits per heavy atom. The van der Waals surface area contributed by atoms with Crippen molar-refractivity contribution in [1.29, 1.82) is 0 Å². The molecule has 0 bridgehead atoms. The molecule has 90 valence electrons. The van der Waals surface area contributed by atoms with Crippen LogP contribution >= 0.6 is 11.3 Å². The van der Waals surface area contributed by atoms with E-state index in [1.54, 1.807) is 10.3 Å². The van der Waals surface area contributed by atoms with Crippen LogP contribution in [0.3, 0.4) is 0 Å². The number of thiophene rings is 1. The fourth-order valence-electron chi connectivity index (χ4n) is 1.98. The fraction of sp³-hybridized carbons (Fsp3) is 0.333. The van der Waals surface area contributed by atoms with Crippen LogP contribution in [0.1, 0.15) is 35.0 Å². The smallest absolute Gasteiger partial charge is 0.348 e. The third-order valence-corrected chi connectivity index (χ3v) is 3.65. The highest BCUT2D eigenvalue weighted by Crippen LogP contribution is 2.35. The van der Waals surface area contributed by atoms with Gasteiger partial charge in [0.05, 0.1) is 5.69 Å². The highest BCUT2D eigenvalue weighted by atomic mass is 32.1.